The number of ether oxygens (including phenoxy) is 1. The van der Waals surface area contributed by atoms with E-state index in [1.165, 1.54) is 0 Å². The topological polar surface area (TPSA) is 86.0 Å². The molecule has 2 aromatic heterocycles. The fraction of sp³-hybridized carbons (Fsp3) is 0.136. The van der Waals surface area contributed by atoms with Gasteiger partial charge in [0.05, 0.1) is 5.52 Å². The second-order valence-corrected chi connectivity index (χ2v) is 6.28. The maximum absolute atomic E-state index is 5.65. The zero-order valence-corrected chi connectivity index (χ0v) is 15.6. The largest absolute Gasteiger partial charge is 0.492 e. The third-order valence-corrected chi connectivity index (χ3v) is 4.41. The van der Waals surface area contributed by atoms with Crippen molar-refractivity contribution in [3.63, 3.8) is 0 Å². The van der Waals surface area contributed by atoms with Gasteiger partial charge in [-0.15, -0.1) is 0 Å². The van der Waals surface area contributed by atoms with Crippen molar-refractivity contribution in [2.24, 2.45) is 5.73 Å². The summed E-state index contributed by atoms with van der Waals surface area (Å²) in [6.45, 7) is 0.984. The molecule has 0 aliphatic heterocycles. The Bertz CT molecular complexity index is 1100. The van der Waals surface area contributed by atoms with Crippen molar-refractivity contribution in [3.05, 3.63) is 67.0 Å². The zero-order valence-electron chi connectivity index (χ0n) is 15.6. The molecular weight excluding hydrogens is 350 g/mol. The standard InChI is InChI=1S/C22H21N5O/c1-24-22-19-13-16(15-4-2-6-18(12-15)28-11-9-23)7-8-20(19)26-21(27-22)17-5-3-10-25-14-17/h2-8,10,12-14H,9,11,23H2,1H3,(H,24,26,27). The Morgan fingerprint density at radius 1 is 0.964 bits per heavy atom. The highest BCUT2D eigenvalue weighted by Crippen LogP contribution is 2.30. The van der Waals surface area contributed by atoms with E-state index in [1.54, 1.807) is 12.4 Å². The Balaban J connectivity index is 1.77. The van der Waals surface area contributed by atoms with Gasteiger partial charge in [0, 0.05) is 36.9 Å². The molecule has 0 saturated carbocycles. The molecule has 2 aromatic carbocycles. The first-order chi connectivity index (χ1) is 13.8. The van der Waals surface area contributed by atoms with Gasteiger partial charge >= 0.3 is 0 Å². The van der Waals surface area contributed by atoms with E-state index >= 15 is 0 Å². The minimum absolute atomic E-state index is 0.488. The summed E-state index contributed by atoms with van der Waals surface area (Å²) < 4.78 is 5.65. The second-order valence-electron chi connectivity index (χ2n) is 6.28. The fourth-order valence-electron chi connectivity index (χ4n) is 3.06. The maximum Gasteiger partial charge on any atom is 0.163 e. The van der Waals surface area contributed by atoms with Crippen LogP contribution in [0.15, 0.2) is 67.0 Å². The average molecular weight is 371 g/mol. The molecule has 4 aromatic rings. The van der Waals surface area contributed by atoms with E-state index in [4.69, 9.17) is 15.5 Å². The number of hydrogen-bond acceptors (Lipinski definition) is 6. The van der Waals surface area contributed by atoms with E-state index in [9.17, 15) is 0 Å². The Kier molecular flexibility index (Phi) is 5.12. The van der Waals surface area contributed by atoms with Crippen molar-refractivity contribution < 1.29 is 4.74 Å². The quantitative estimate of drug-likeness (QED) is 0.537. The molecule has 0 saturated heterocycles. The lowest BCUT2D eigenvalue weighted by Gasteiger charge is -2.11. The molecule has 2 heterocycles. The van der Waals surface area contributed by atoms with Crippen LogP contribution in [0.25, 0.3) is 33.4 Å². The molecule has 0 bridgehead atoms. The van der Waals surface area contributed by atoms with Crippen molar-refractivity contribution in [1.82, 2.24) is 15.0 Å². The molecule has 0 aliphatic rings. The number of fused-ring (bicyclic) bond motifs is 1. The van der Waals surface area contributed by atoms with Crippen molar-refractivity contribution in [2.75, 3.05) is 25.5 Å². The molecule has 0 unspecified atom stereocenters. The van der Waals surface area contributed by atoms with Crippen LogP contribution in [0.2, 0.25) is 0 Å². The summed E-state index contributed by atoms with van der Waals surface area (Å²) in [6.07, 6.45) is 3.50. The molecule has 6 nitrogen and oxygen atoms in total. The molecule has 0 aliphatic carbocycles. The highest BCUT2D eigenvalue weighted by molar-refractivity contribution is 5.93. The van der Waals surface area contributed by atoms with Crippen LogP contribution in [-0.4, -0.2) is 35.2 Å². The summed E-state index contributed by atoms with van der Waals surface area (Å²) in [5, 5.41) is 4.15. The maximum atomic E-state index is 5.65. The first-order valence-corrected chi connectivity index (χ1v) is 9.12. The predicted molar refractivity (Wildman–Crippen MR) is 112 cm³/mol. The summed E-state index contributed by atoms with van der Waals surface area (Å²) in [4.78, 5) is 13.6. The van der Waals surface area contributed by atoms with Crippen LogP contribution < -0.4 is 15.8 Å². The van der Waals surface area contributed by atoms with Crippen LogP contribution in [0.4, 0.5) is 5.82 Å². The number of rotatable bonds is 6. The van der Waals surface area contributed by atoms with Gasteiger partial charge in [-0.3, -0.25) is 4.98 Å². The van der Waals surface area contributed by atoms with Gasteiger partial charge in [-0.1, -0.05) is 18.2 Å². The number of aromatic nitrogens is 3. The van der Waals surface area contributed by atoms with Gasteiger partial charge < -0.3 is 15.8 Å². The number of benzene rings is 2. The van der Waals surface area contributed by atoms with Crippen LogP contribution in [0.5, 0.6) is 5.75 Å². The number of hydrogen-bond donors (Lipinski definition) is 2. The molecule has 28 heavy (non-hydrogen) atoms. The molecular formula is C22H21N5O. The smallest absolute Gasteiger partial charge is 0.163 e. The summed E-state index contributed by atoms with van der Waals surface area (Å²) in [6, 6.07) is 18.0. The SMILES string of the molecule is CNc1nc(-c2cccnc2)nc2ccc(-c3cccc(OCCN)c3)cc12. The first kappa shape index (κ1) is 17.9. The van der Waals surface area contributed by atoms with Gasteiger partial charge in [0.15, 0.2) is 5.82 Å². The van der Waals surface area contributed by atoms with Gasteiger partial charge in [-0.2, -0.15) is 0 Å². The summed E-state index contributed by atoms with van der Waals surface area (Å²) in [5.41, 5.74) is 9.41. The van der Waals surface area contributed by atoms with Gasteiger partial charge in [0.2, 0.25) is 0 Å². The molecule has 140 valence electrons. The summed E-state index contributed by atoms with van der Waals surface area (Å²) >= 11 is 0. The van der Waals surface area contributed by atoms with E-state index in [0.717, 1.165) is 39.2 Å². The van der Waals surface area contributed by atoms with E-state index < -0.39 is 0 Å². The third-order valence-electron chi connectivity index (χ3n) is 4.41. The highest BCUT2D eigenvalue weighted by atomic mass is 16.5. The van der Waals surface area contributed by atoms with Crippen LogP contribution in [0, 0.1) is 0 Å². The second kappa shape index (κ2) is 8.02. The van der Waals surface area contributed by atoms with Crippen molar-refractivity contribution in [1.29, 1.82) is 0 Å². The summed E-state index contributed by atoms with van der Waals surface area (Å²) in [5.74, 6) is 2.23. The van der Waals surface area contributed by atoms with Crippen LogP contribution >= 0.6 is 0 Å². The molecule has 3 N–H and O–H groups in total. The molecule has 4 rings (SSSR count). The monoisotopic (exact) mass is 371 g/mol. The first-order valence-electron chi connectivity index (χ1n) is 9.12. The minimum Gasteiger partial charge on any atom is -0.492 e. The van der Waals surface area contributed by atoms with Gasteiger partial charge in [-0.05, 0) is 47.5 Å². The van der Waals surface area contributed by atoms with Crippen molar-refractivity contribution >= 4 is 16.7 Å². The molecule has 6 heteroatoms. The lowest BCUT2D eigenvalue weighted by Crippen LogP contribution is -2.10. The Morgan fingerprint density at radius 3 is 2.61 bits per heavy atom. The van der Waals surface area contributed by atoms with Crippen LogP contribution in [-0.2, 0) is 0 Å². The fourth-order valence-corrected chi connectivity index (χ4v) is 3.06. The van der Waals surface area contributed by atoms with Crippen molar-refractivity contribution in [2.45, 2.75) is 0 Å². The Labute approximate surface area is 163 Å². The van der Waals surface area contributed by atoms with Gasteiger partial charge in [-0.25, -0.2) is 9.97 Å². The molecule has 0 radical (unpaired) electrons. The van der Waals surface area contributed by atoms with E-state index in [0.29, 0.717) is 19.0 Å². The number of anilines is 1. The lowest BCUT2D eigenvalue weighted by molar-refractivity contribution is 0.328. The van der Waals surface area contributed by atoms with Crippen LogP contribution in [0.3, 0.4) is 0 Å². The summed E-state index contributed by atoms with van der Waals surface area (Å²) in [7, 11) is 1.86. The van der Waals surface area contributed by atoms with Crippen molar-refractivity contribution in [3.8, 4) is 28.3 Å². The normalized spacial score (nSPS) is 10.8. The highest BCUT2D eigenvalue weighted by Gasteiger charge is 2.10. The molecule has 0 fully saturated rings. The van der Waals surface area contributed by atoms with E-state index in [1.807, 2.05) is 43.4 Å². The van der Waals surface area contributed by atoms with Gasteiger partial charge in [0.25, 0.3) is 0 Å². The minimum atomic E-state index is 0.488. The number of nitrogens with zero attached hydrogens (tertiary/aromatic N) is 3. The number of nitrogens with two attached hydrogens (primary N) is 1. The zero-order chi connectivity index (χ0) is 19.3. The molecule has 0 spiro atoms. The van der Waals surface area contributed by atoms with E-state index in [2.05, 4.69) is 33.5 Å². The average Bonchev–Trinajstić information content (AvgIpc) is 2.77. The lowest BCUT2D eigenvalue weighted by atomic mass is 10.0. The number of nitrogens with one attached hydrogen (secondary N) is 1. The third kappa shape index (κ3) is 3.63. The number of pyridine rings is 1. The van der Waals surface area contributed by atoms with E-state index in [-0.39, 0.29) is 0 Å². The van der Waals surface area contributed by atoms with Gasteiger partial charge in [0.1, 0.15) is 18.2 Å². The Hall–Kier alpha value is -3.51. The molecule has 0 amide bonds. The predicted octanol–water partition coefficient (Wildman–Crippen LogP) is 3.74. The Morgan fingerprint density at radius 2 is 1.82 bits per heavy atom. The van der Waals surface area contributed by atoms with Crippen LogP contribution in [0.1, 0.15) is 0 Å². The molecule has 0 atom stereocenters.